The Morgan fingerprint density at radius 2 is 2.00 bits per heavy atom. The van der Waals surface area contributed by atoms with Crippen LogP contribution in [0.5, 0.6) is 0 Å². The molecule has 2 rings (SSSR count). The van der Waals surface area contributed by atoms with Gasteiger partial charge in [-0.3, -0.25) is 4.79 Å². The monoisotopic (exact) mass is 308 g/mol. The molecule has 2 aromatic rings. The molecule has 0 N–H and O–H groups in total. The highest BCUT2D eigenvalue weighted by molar-refractivity contribution is 6.16. The van der Waals surface area contributed by atoms with Gasteiger partial charge in [-0.2, -0.15) is 0 Å². The number of imidazole rings is 1. The number of rotatable bonds is 6. The molecule has 0 aromatic carbocycles. The smallest absolute Gasteiger partial charge is 0.224 e. The molecule has 114 valence electrons. The Bertz CT molecular complexity index is 634. The van der Waals surface area contributed by atoms with Crippen molar-refractivity contribution in [3.8, 4) is 0 Å². The molecule has 0 saturated carbocycles. The van der Waals surface area contributed by atoms with E-state index in [4.69, 9.17) is 11.6 Å². The Kier molecular flexibility index (Phi) is 5.17. The maximum Gasteiger partial charge on any atom is 0.224 e. The molecular formula is C15H21ClN4O. The number of hydrogen-bond donors (Lipinski definition) is 0. The van der Waals surface area contributed by atoms with Gasteiger partial charge in [0.2, 0.25) is 5.91 Å². The van der Waals surface area contributed by atoms with Crippen LogP contribution in [0.2, 0.25) is 0 Å². The van der Waals surface area contributed by atoms with Gasteiger partial charge < -0.3 is 9.47 Å². The molecule has 0 spiro atoms. The van der Waals surface area contributed by atoms with E-state index < -0.39 is 0 Å². The summed E-state index contributed by atoms with van der Waals surface area (Å²) in [4.78, 5) is 23.0. The highest BCUT2D eigenvalue weighted by Crippen LogP contribution is 2.17. The number of aromatic nitrogens is 3. The van der Waals surface area contributed by atoms with Crippen LogP contribution >= 0.6 is 11.6 Å². The van der Waals surface area contributed by atoms with E-state index in [0.717, 1.165) is 35.8 Å². The first-order valence-corrected chi connectivity index (χ1v) is 7.80. The standard InChI is InChI=1S/C15H21ClN4O/c1-4-19(5-2)14(21)8-9-20-13(10-16)18-12-7-6-11(3)17-15(12)20/h6-7H,4-5,8-10H2,1-3H3. The molecule has 0 saturated heterocycles. The van der Waals surface area contributed by atoms with Gasteiger partial charge in [-0.25, -0.2) is 9.97 Å². The first-order chi connectivity index (χ1) is 10.1. The second-order valence-electron chi connectivity index (χ2n) is 4.92. The minimum absolute atomic E-state index is 0.148. The Labute approximate surface area is 129 Å². The van der Waals surface area contributed by atoms with E-state index in [1.165, 1.54) is 0 Å². The van der Waals surface area contributed by atoms with Crippen molar-refractivity contribution in [1.29, 1.82) is 0 Å². The van der Waals surface area contributed by atoms with Gasteiger partial charge in [0, 0.05) is 31.7 Å². The van der Waals surface area contributed by atoms with Crippen LogP contribution in [0, 0.1) is 6.92 Å². The average molecular weight is 309 g/mol. The summed E-state index contributed by atoms with van der Waals surface area (Å²) in [5.41, 5.74) is 2.56. The van der Waals surface area contributed by atoms with Crippen molar-refractivity contribution < 1.29 is 4.79 Å². The second-order valence-corrected chi connectivity index (χ2v) is 5.19. The summed E-state index contributed by atoms with van der Waals surface area (Å²) in [5, 5.41) is 0. The van der Waals surface area contributed by atoms with Crippen molar-refractivity contribution in [3.63, 3.8) is 0 Å². The number of carbonyl (C=O) groups excluding carboxylic acids is 1. The van der Waals surface area contributed by atoms with Crippen LogP contribution < -0.4 is 0 Å². The normalized spacial score (nSPS) is 11.0. The summed E-state index contributed by atoms with van der Waals surface area (Å²) in [6.07, 6.45) is 0.437. The van der Waals surface area contributed by atoms with Gasteiger partial charge in [-0.1, -0.05) is 0 Å². The molecule has 0 aliphatic heterocycles. The Morgan fingerprint density at radius 1 is 1.29 bits per heavy atom. The molecule has 0 aliphatic carbocycles. The Morgan fingerprint density at radius 3 is 2.62 bits per heavy atom. The molecule has 5 nitrogen and oxygen atoms in total. The second kappa shape index (κ2) is 6.89. The van der Waals surface area contributed by atoms with Gasteiger partial charge in [-0.05, 0) is 32.9 Å². The third kappa shape index (κ3) is 3.35. The summed E-state index contributed by atoms with van der Waals surface area (Å²) in [5.74, 6) is 1.22. The number of halogens is 1. The van der Waals surface area contributed by atoms with Gasteiger partial charge in [0.15, 0.2) is 5.65 Å². The Hall–Kier alpha value is -1.62. The summed E-state index contributed by atoms with van der Waals surface area (Å²) >= 11 is 5.97. The van der Waals surface area contributed by atoms with Gasteiger partial charge in [0.25, 0.3) is 0 Å². The summed E-state index contributed by atoms with van der Waals surface area (Å²) in [7, 11) is 0. The van der Waals surface area contributed by atoms with Crippen LogP contribution in [0.15, 0.2) is 12.1 Å². The van der Waals surface area contributed by atoms with Crippen LogP contribution in [0.3, 0.4) is 0 Å². The van der Waals surface area contributed by atoms with Crippen LogP contribution in [0.4, 0.5) is 0 Å². The number of pyridine rings is 1. The van der Waals surface area contributed by atoms with E-state index >= 15 is 0 Å². The molecule has 2 heterocycles. The van der Waals surface area contributed by atoms with E-state index in [-0.39, 0.29) is 5.91 Å². The summed E-state index contributed by atoms with van der Waals surface area (Å²) in [6, 6.07) is 3.87. The van der Waals surface area contributed by atoms with E-state index in [9.17, 15) is 4.79 Å². The zero-order valence-electron chi connectivity index (χ0n) is 12.8. The van der Waals surface area contributed by atoms with Gasteiger partial charge in [0.1, 0.15) is 11.3 Å². The minimum Gasteiger partial charge on any atom is -0.343 e. The van der Waals surface area contributed by atoms with E-state index in [0.29, 0.717) is 18.8 Å². The fourth-order valence-electron chi connectivity index (χ4n) is 2.42. The third-order valence-electron chi connectivity index (χ3n) is 3.60. The third-order valence-corrected chi connectivity index (χ3v) is 3.83. The topological polar surface area (TPSA) is 51.0 Å². The summed E-state index contributed by atoms with van der Waals surface area (Å²) in [6.45, 7) is 7.95. The van der Waals surface area contributed by atoms with Crippen molar-refractivity contribution in [2.24, 2.45) is 0 Å². The molecule has 0 aliphatic rings. The van der Waals surface area contributed by atoms with Crippen molar-refractivity contribution in [3.05, 3.63) is 23.7 Å². The van der Waals surface area contributed by atoms with E-state index in [1.807, 2.05) is 42.4 Å². The lowest BCUT2D eigenvalue weighted by Crippen LogP contribution is -2.31. The minimum atomic E-state index is 0.148. The first kappa shape index (κ1) is 15.8. The number of fused-ring (bicyclic) bond motifs is 1. The van der Waals surface area contributed by atoms with Crippen LogP contribution in [0.1, 0.15) is 31.8 Å². The quantitative estimate of drug-likeness (QED) is 0.771. The van der Waals surface area contributed by atoms with Crippen molar-refractivity contribution in [1.82, 2.24) is 19.4 Å². The number of alkyl halides is 1. The highest BCUT2D eigenvalue weighted by Gasteiger charge is 2.14. The lowest BCUT2D eigenvalue weighted by Gasteiger charge is -2.18. The average Bonchev–Trinajstić information content (AvgIpc) is 2.83. The van der Waals surface area contributed by atoms with Crippen molar-refractivity contribution in [2.45, 2.75) is 39.6 Å². The number of hydrogen-bond acceptors (Lipinski definition) is 3. The fraction of sp³-hybridized carbons (Fsp3) is 0.533. The van der Waals surface area contributed by atoms with Gasteiger partial charge in [0.05, 0.1) is 5.88 Å². The SMILES string of the molecule is CCN(CC)C(=O)CCn1c(CCl)nc2ccc(C)nc21. The number of aryl methyl sites for hydroxylation is 2. The predicted octanol–water partition coefficient (Wildman–Crippen LogP) is 2.74. The first-order valence-electron chi connectivity index (χ1n) is 7.27. The van der Waals surface area contributed by atoms with Gasteiger partial charge >= 0.3 is 0 Å². The van der Waals surface area contributed by atoms with Crippen molar-refractivity contribution in [2.75, 3.05) is 13.1 Å². The zero-order valence-corrected chi connectivity index (χ0v) is 13.5. The molecule has 0 radical (unpaired) electrons. The van der Waals surface area contributed by atoms with Crippen LogP contribution in [-0.2, 0) is 17.2 Å². The molecule has 0 unspecified atom stereocenters. The van der Waals surface area contributed by atoms with Gasteiger partial charge in [-0.15, -0.1) is 11.6 Å². The van der Waals surface area contributed by atoms with Crippen LogP contribution in [-0.4, -0.2) is 38.4 Å². The maximum absolute atomic E-state index is 12.1. The molecule has 6 heteroatoms. The number of amides is 1. The van der Waals surface area contributed by atoms with E-state index in [2.05, 4.69) is 9.97 Å². The fourth-order valence-corrected chi connectivity index (χ4v) is 2.63. The molecular weight excluding hydrogens is 288 g/mol. The molecule has 0 atom stereocenters. The molecule has 1 amide bonds. The molecule has 0 fully saturated rings. The summed E-state index contributed by atoms with van der Waals surface area (Å²) < 4.78 is 1.96. The number of nitrogens with zero attached hydrogens (tertiary/aromatic N) is 4. The van der Waals surface area contributed by atoms with Crippen LogP contribution in [0.25, 0.3) is 11.2 Å². The molecule has 0 bridgehead atoms. The lowest BCUT2D eigenvalue weighted by molar-refractivity contribution is -0.131. The van der Waals surface area contributed by atoms with Crippen molar-refractivity contribution >= 4 is 28.7 Å². The van der Waals surface area contributed by atoms with E-state index in [1.54, 1.807) is 0 Å². The largest absolute Gasteiger partial charge is 0.343 e. The highest BCUT2D eigenvalue weighted by atomic mass is 35.5. The zero-order chi connectivity index (χ0) is 15.4. The maximum atomic E-state index is 12.1. The number of carbonyl (C=O) groups is 1. The Balaban J connectivity index is 2.24. The predicted molar refractivity (Wildman–Crippen MR) is 84.4 cm³/mol. The lowest BCUT2D eigenvalue weighted by atomic mass is 10.3. The molecule has 2 aromatic heterocycles. The molecule has 21 heavy (non-hydrogen) atoms.